The molecule has 0 amide bonds. The number of hydrogen-bond acceptors (Lipinski definition) is 5. The minimum Gasteiger partial charge on any atom is -0.454 e. The topological polar surface area (TPSA) is 60.0 Å². The van der Waals surface area contributed by atoms with E-state index in [4.69, 9.17) is 19.4 Å². The molecule has 0 radical (unpaired) electrons. The molecule has 13 rings (SSSR count). The van der Waals surface area contributed by atoms with Gasteiger partial charge in [0.25, 0.3) is 0 Å². The fourth-order valence-corrected chi connectivity index (χ4v) is 10.2. The second kappa shape index (κ2) is 13.8. The molecule has 0 aliphatic carbocycles. The quantitative estimate of drug-likeness (QED) is 0.167. The Balaban J connectivity index is 1.09. The Morgan fingerprint density at radius 1 is 0.500 bits per heavy atom. The fraction of sp³-hybridized carbons (Fsp3) is 0.0517. The maximum absolute atomic E-state index is 6.75. The van der Waals surface area contributed by atoms with Gasteiger partial charge < -0.3 is 13.9 Å². The summed E-state index contributed by atoms with van der Waals surface area (Å²) < 4.78 is 9.27. The number of fused-ring (bicyclic) bond motifs is 10. The van der Waals surface area contributed by atoms with Crippen molar-refractivity contribution in [2.45, 2.75) is 19.3 Å². The molecule has 6 nitrogen and oxygen atoms in total. The van der Waals surface area contributed by atoms with E-state index >= 15 is 0 Å². The molecule has 0 atom stereocenters. The van der Waals surface area contributed by atoms with Gasteiger partial charge in [-0.1, -0.05) is 111 Å². The van der Waals surface area contributed by atoms with Crippen LogP contribution in [0.25, 0.3) is 94.1 Å². The molecule has 1 aliphatic heterocycles. The molecule has 6 heteroatoms. The van der Waals surface area contributed by atoms with Gasteiger partial charge in [0.15, 0.2) is 5.58 Å². The van der Waals surface area contributed by atoms with E-state index in [0.717, 1.165) is 72.9 Å². The normalized spacial score (nSPS) is 13.0. The lowest BCUT2D eigenvalue weighted by atomic mass is 9.73. The molecule has 0 saturated carbocycles. The van der Waals surface area contributed by atoms with Gasteiger partial charge in [-0.05, 0) is 124 Å². The number of anilines is 3. The Kier molecular flexibility index (Phi) is 7.85. The summed E-state index contributed by atoms with van der Waals surface area (Å²) in [7, 11) is 0. The van der Waals surface area contributed by atoms with E-state index in [-0.39, 0.29) is 0 Å². The average Bonchev–Trinajstić information content (AvgIpc) is 3.91. The van der Waals surface area contributed by atoms with Crippen LogP contribution in [-0.2, 0) is 5.41 Å². The van der Waals surface area contributed by atoms with Crippen LogP contribution in [0, 0.1) is 0 Å². The number of para-hydroxylation sites is 3. The van der Waals surface area contributed by atoms with Gasteiger partial charge in [-0.3, -0.25) is 9.97 Å². The Bertz CT molecular complexity index is 3760. The van der Waals surface area contributed by atoms with Gasteiger partial charge in [0.05, 0.1) is 45.2 Å². The number of pyridine rings is 3. The molecule has 302 valence electrons. The molecule has 0 spiro atoms. The minimum atomic E-state index is -0.422. The zero-order chi connectivity index (χ0) is 42.5. The summed E-state index contributed by atoms with van der Waals surface area (Å²) >= 11 is 0. The summed E-state index contributed by atoms with van der Waals surface area (Å²) in [5.74, 6) is 0. The first-order valence-corrected chi connectivity index (χ1v) is 21.8. The van der Waals surface area contributed by atoms with Crippen molar-refractivity contribution in [3.63, 3.8) is 0 Å². The molecular weight excluding hydrogens is 783 g/mol. The van der Waals surface area contributed by atoms with Gasteiger partial charge >= 0.3 is 0 Å². The van der Waals surface area contributed by atoms with Crippen LogP contribution in [0.2, 0.25) is 0 Å². The molecular formula is C58H39N5O. The molecule has 64 heavy (non-hydrogen) atoms. The summed E-state index contributed by atoms with van der Waals surface area (Å²) in [5.41, 5.74) is 15.9. The number of aromatic nitrogens is 4. The highest BCUT2D eigenvalue weighted by Gasteiger charge is 2.37. The van der Waals surface area contributed by atoms with Gasteiger partial charge in [0.2, 0.25) is 0 Å². The number of hydrogen-bond donors (Lipinski definition) is 0. The second-order valence-corrected chi connectivity index (χ2v) is 17.2. The van der Waals surface area contributed by atoms with Crippen LogP contribution in [0.3, 0.4) is 0 Å². The van der Waals surface area contributed by atoms with Crippen LogP contribution in [-0.4, -0.2) is 19.5 Å². The van der Waals surface area contributed by atoms with Crippen molar-refractivity contribution < 1.29 is 4.42 Å². The van der Waals surface area contributed by atoms with Crippen LogP contribution in [0.4, 0.5) is 17.1 Å². The highest BCUT2D eigenvalue weighted by molar-refractivity contribution is 6.23. The third-order valence-electron chi connectivity index (χ3n) is 13.2. The fourth-order valence-electron chi connectivity index (χ4n) is 10.2. The van der Waals surface area contributed by atoms with Crippen LogP contribution in [0.5, 0.6) is 0 Å². The standard InChI is InChI=1S/C58H39N5O/c1-58(2)45-31-37(38-32-49(47-21-10-12-29-59-47)61-50(33-38)48-22-11-13-30-60-48)26-27-51(45)63-52-28-25-36-15-6-7-18-41(36)55(52)44-34-40(35-46(58)56(44)63)62(39-16-4-3-5-17-39)53-23-14-20-43-42-19-8-9-24-54(42)64-57(43)53/h3-35H,1-2H3. The lowest BCUT2D eigenvalue weighted by Gasteiger charge is -2.36. The van der Waals surface area contributed by atoms with Crippen LogP contribution >= 0.6 is 0 Å². The molecule has 5 aromatic heterocycles. The molecule has 6 heterocycles. The minimum absolute atomic E-state index is 0.422. The molecule has 1 aliphatic rings. The van der Waals surface area contributed by atoms with E-state index in [0.29, 0.717) is 0 Å². The van der Waals surface area contributed by atoms with Crippen LogP contribution < -0.4 is 4.90 Å². The smallest absolute Gasteiger partial charge is 0.159 e. The van der Waals surface area contributed by atoms with Crippen molar-refractivity contribution in [3.05, 3.63) is 212 Å². The van der Waals surface area contributed by atoms with Crippen LogP contribution in [0.1, 0.15) is 25.0 Å². The summed E-state index contributed by atoms with van der Waals surface area (Å²) in [4.78, 5) is 16.9. The zero-order valence-corrected chi connectivity index (χ0v) is 35.2. The van der Waals surface area contributed by atoms with Crippen molar-refractivity contribution in [1.29, 1.82) is 0 Å². The Hall–Kier alpha value is -8.35. The zero-order valence-electron chi connectivity index (χ0n) is 35.2. The van der Waals surface area contributed by atoms with Crippen molar-refractivity contribution >= 4 is 71.6 Å². The molecule has 0 saturated heterocycles. The molecule has 12 aromatic rings. The Labute approximate surface area is 369 Å². The molecule has 7 aromatic carbocycles. The van der Waals surface area contributed by atoms with E-state index in [9.17, 15) is 0 Å². The SMILES string of the molecule is CC1(C)c2cc(-c3cc(-c4ccccn4)nc(-c4ccccn4)c3)ccc2-n2c3ccc4ccccc4c3c3cc(N(c4ccccc4)c4cccc5c4oc4ccccc45)cc1c32. The first kappa shape index (κ1) is 36.3. The van der Waals surface area contributed by atoms with Crippen molar-refractivity contribution in [2.24, 2.45) is 0 Å². The highest BCUT2D eigenvalue weighted by atomic mass is 16.3. The number of rotatable bonds is 6. The summed E-state index contributed by atoms with van der Waals surface area (Å²) in [6, 6.07) is 66.9. The summed E-state index contributed by atoms with van der Waals surface area (Å²) in [6.45, 7) is 4.76. The first-order valence-electron chi connectivity index (χ1n) is 21.8. The predicted octanol–water partition coefficient (Wildman–Crippen LogP) is 15.1. The van der Waals surface area contributed by atoms with Gasteiger partial charge in [-0.2, -0.15) is 0 Å². The van der Waals surface area contributed by atoms with E-state index in [1.54, 1.807) is 0 Å². The summed E-state index contributed by atoms with van der Waals surface area (Å²) in [5, 5.41) is 7.11. The molecule has 0 fully saturated rings. The van der Waals surface area contributed by atoms with Crippen molar-refractivity contribution in [3.8, 4) is 39.6 Å². The predicted molar refractivity (Wildman–Crippen MR) is 262 cm³/mol. The lowest BCUT2D eigenvalue weighted by Crippen LogP contribution is -2.27. The van der Waals surface area contributed by atoms with E-state index in [2.05, 4.69) is 169 Å². The van der Waals surface area contributed by atoms with E-state index < -0.39 is 5.41 Å². The monoisotopic (exact) mass is 821 g/mol. The van der Waals surface area contributed by atoms with Gasteiger partial charge in [-0.25, -0.2) is 4.98 Å². The maximum atomic E-state index is 6.75. The maximum Gasteiger partial charge on any atom is 0.159 e. The lowest BCUT2D eigenvalue weighted by molar-refractivity contribution is 0.630. The molecule has 0 bridgehead atoms. The third kappa shape index (κ3) is 5.42. The van der Waals surface area contributed by atoms with Gasteiger partial charge in [-0.15, -0.1) is 0 Å². The van der Waals surface area contributed by atoms with Crippen LogP contribution in [0.15, 0.2) is 205 Å². The largest absolute Gasteiger partial charge is 0.454 e. The number of nitrogens with zero attached hydrogens (tertiary/aromatic N) is 5. The molecule has 0 unspecified atom stereocenters. The average molecular weight is 822 g/mol. The Morgan fingerprint density at radius 2 is 1.20 bits per heavy atom. The highest BCUT2D eigenvalue weighted by Crippen LogP contribution is 2.53. The molecule has 0 N–H and O–H groups in total. The van der Waals surface area contributed by atoms with Crippen molar-refractivity contribution in [1.82, 2.24) is 19.5 Å². The number of furan rings is 1. The Morgan fingerprint density at radius 3 is 1.97 bits per heavy atom. The summed E-state index contributed by atoms with van der Waals surface area (Å²) in [6.07, 6.45) is 3.64. The van der Waals surface area contributed by atoms with E-state index in [1.807, 2.05) is 54.9 Å². The van der Waals surface area contributed by atoms with Gasteiger partial charge in [0, 0.05) is 50.7 Å². The number of benzene rings is 7. The third-order valence-corrected chi connectivity index (χ3v) is 13.2. The van der Waals surface area contributed by atoms with E-state index in [1.165, 1.54) is 49.4 Å². The first-order chi connectivity index (χ1) is 31.5. The van der Waals surface area contributed by atoms with Gasteiger partial charge in [0.1, 0.15) is 5.58 Å². The second-order valence-electron chi connectivity index (χ2n) is 17.2. The van der Waals surface area contributed by atoms with Crippen molar-refractivity contribution in [2.75, 3.05) is 4.90 Å².